The molecule has 1 aromatic rings. The highest BCUT2D eigenvalue weighted by atomic mass is 16.6. The highest BCUT2D eigenvalue weighted by Crippen LogP contribution is 2.20. The molecule has 1 unspecified atom stereocenters. The van der Waals surface area contributed by atoms with E-state index in [9.17, 15) is 14.7 Å². The summed E-state index contributed by atoms with van der Waals surface area (Å²) in [4.78, 5) is 25.7. The third-order valence-corrected chi connectivity index (χ3v) is 3.87. The van der Waals surface area contributed by atoms with Gasteiger partial charge in [-0.15, -0.1) is 0 Å². The number of hydrogen-bond acceptors (Lipinski definition) is 5. The Morgan fingerprint density at radius 3 is 2.56 bits per heavy atom. The van der Waals surface area contributed by atoms with Gasteiger partial charge in [-0.2, -0.15) is 0 Å². The number of benzene rings is 1. The van der Waals surface area contributed by atoms with Crippen molar-refractivity contribution in [2.75, 3.05) is 13.2 Å². The Bertz CT molecular complexity index is 585. The topological polar surface area (TPSA) is 88.1 Å². The quantitative estimate of drug-likeness (QED) is 0.870. The second-order valence-corrected chi connectivity index (χ2v) is 7.02. The van der Waals surface area contributed by atoms with Crippen LogP contribution in [0, 0.1) is 0 Å². The Balaban J connectivity index is 1.89. The molecule has 1 saturated heterocycles. The van der Waals surface area contributed by atoms with Crippen LogP contribution >= 0.6 is 0 Å². The van der Waals surface area contributed by atoms with Gasteiger partial charge in [-0.1, -0.05) is 30.3 Å². The summed E-state index contributed by atoms with van der Waals surface area (Å²) in [6.45, 7) is 5.63. The largest absolute Gasteiger partial charge is 0.445 e. The third-order valence-electron chi connectivity index (χ3n) is 3.87. The number of carbonyl (C=O) groups is 2. The van der Waals surface area contributed by atoms with Gasteiger partial charge in [0.25, 0.3) is 0 Å². The molecule has 138 valence electrons. The van der Waals surface area contributed by atoms with E-state index in [0.717, 1.165) is 5.56 Å². The van der Waals surface area contributed by atoms with Gasteiger partial charge in [0.2, 0.25) is 0 Å². The van der Waals surface area contributed by atoms with Crippen molar-refractivity contribution < 1.29 is 24.2 Å². The molecular formula is C18H26N2O5. The average molecular weight is 350 g/mol. The maximum atomic E-state index is 12.3. The van der Waals surface area contributed by atoms with Crippen molar-refractivity contribution in [1.29, 1.82) is 0 Å². The predicted molar refractivity (Wildman–Crippen MR) is 92.0 cm³/mol. The second kappa shape index (κ2) is 8.20. The Hall–Kier alpha value is -2.28. The number of ether oxygens (including phenoxy) is 2. The van der Waals surface area contributed by atoms with E-state index in [4.69, 9.17) is 9.47 Å². The van der Waals surface area contributed by atoms with Gasteiger partial charge in [0.15, 0.2) is 0 Å². The fraction of sp³-hybridized carbons (Fsp3) is 0.556. The lowest BCUT2D eigenvalue weighted by Gasteiger charge is -2.27. The number of alkyl carbamates (subject to hydrolysis) is 1. The zero-order valence-electron chi connectivity index (χ0n) is 14.9. The first-order valence-electron chi connectivity index (χ1n) is 8.38. The van der Waals surface area contributed by atoms with E-state index in [1.165, 1.54) is 4.90 Å². The Kier molecular flexibility index (Phi) is 6.25. The smallest absolute Gasteiger partial charge is 0.410 e. The summed E-state index contributed by atoms with van der Waals surface area (Å²) >= 11 is 0. The molecule has 7 heteroatoms. The van der Waals surface area contributed by atoms with E-state index in [1.807, 2.05) is 30.3 Å². The van der Waals surface area contributed by atoms with Gasteiger partial charge in [0.05, 0.1) is 18.7 Å². The van der Waals surface area contributed by atoms with E-state index >= 15 is 0 Å². The van der Waals surface area contributed by atoms with Crippen LogP contribution < -0.4 is 5.32 Å². The standard InChI is InChI=1S/C18H26N2O5/c1-18(2,3)25-16(22)19-14-9-10-20(15(14)11-21)17(23)24-12-13-7-5-4-6-8-13/h4-8,14-15,21H,9-12H2,1-3H3,(H,19,22)/t14-,15?/m0/s1. The molecule has 1 heterocycles. The fourth-order valence-electron chi connectivity index (χ4n) is 2.74. The summed E-state index contributed by atoms with van der Waals surface area (Å²) in [6, 6.07) is 8.47. The van der Waals surface area contributed by atoms with Gasteiger partial charge in [0, 0.05) is 6.54 Å². The van der Waals surface area contributed by atoms with Crippen LogP contribution in [-0.2, 0) is 16.1 Å². The first-order valence-corrected chi connectivity index (χ1v) is 8.38. The maximum absolute atomic E-state index is 12.3. The minimum absolute atomic E-state index is 0.165. The zero-order valence-corrected chi connectivity index (χ0v) is 14.9. The number of rotatable bonds is 4. The minimum Gasteiger partial charge on any atom is -0.445 e. The molecule has 2 atom stereocenters. The molecular weight excluding hydrogens is 324 g/mol. The molecule has 1 aliphatic rings. The van der Waals surface area contributed by atoms with Gasteiger partial charge in [-0.25, -0.2) is 9.59 Å². The van der Waals surface area contributed by atoms with Gasteiger partial charge in [0.1, 0.15) is 12.2 Å². The van der Waals surface area contributed by atoms with Gasteiger partial charge >= 0.3 is 12.2 Å². The van der Waals surface area contributed by atoms with Gasteiger partial charge in [-0.3, -0.25) is 0 Å². The first kappa shape index (κ1) is 19.1. The Labute approximate surface area is 147 Å². The van der Waals surface area contributed by atoms with Crippen molar-refractivity contribution in [2.24, 2.45) is 0 Å². The van der Waals surface area contributed by atoms with Gasteiger partial charge < -0.3 is 24.8 Å². The summed E-state index contributed by atoms with van der Waals surface area (Å²) in [5, 5.41) is 12.4. The molecule has 7 nitrogen and oxygen atoms in total. The van der Waals surface area contributed by atoms with Crippen molar-refractivity contribution in [3.8, 4) is 0 Å². The summed E-state index contributed by atoms with van der Waals surface area (Å²) < 4.78 is 10.5. The summed E-state index contributed by atoms with van der Waals surface area (Å²) in [7, 11) is 0. The molecule has 0 bridgehead atoms. The molecule has 0 radical (unpaired) electrons. The third kappa shape index (κ3) is 5.63. The lowest BCUT2D eigenvalue weighted by Crippen LogP contribution is -2.49. The molecule has 1 aromatic carbocycles. The van der Waals surface area contributed by atoms with Crippen LogP contribution in [0.4, 0.5) is 9.59 Å². The summed E-state index contributed by atoms with van der Waals surface area (Å²) in [5.41, 5.74) is 0.283. The SMILES string of the molecule is CC(C)(C)OC(=O)N[C@H]1CCN(C(=O)OCc2ccccc2)C1CO. The lowest BCUT2D eigenvalue weighted by atomic mass is 10.1. The van der Waals surface area contributed by atoms with Crippen molar-refractivity contribution >= 4 is 12.2 Å². The van der Waals surface area contributed by atoms with E-state index in [0.29, 0.717) is 13.0 Å². The monoisotopic (exact) mass is 350 g/mol. The average Bonchev–Trinajstić information content (AvgIpc) is 2.94. The molecule has 2 rings (SSSR count). The van der Waals surface area contributed by atoms with Crippen LogP contribution in [0.2, 0.25) is 0 Å². The molecule has 1 fully saturated rings. The van der Waals surface area contributed by atoms with Crippen LogP contribution in [0.5, 0.6) is 0 Å². The van der Waals surface area contributed by atoms with Crippen molar-refractivity contribution in [2.45, 2.75) is 51.5 Å². The van der Waals surface area contributed by atoms with E-state index in [-0.39, 0.29) is 19.3 Å². The van der Waals surface area contributed by atoms with Crippen molar-refractivity contribution in [3.63, 3.8) is 0 Å². The number of likely N-dealkylation sites (tertiary alicyclic amines) is 1. The molecule has 1 aliphatic heterocycles. The fourth-order valence-corrected chi connectivity index (χ4v) is 2.74. The summed E-state index contributed by atoms with van der Waals surface area (Å²) in [5.74, 6) is 0. The van der Waals surface area contributed by atoms with Crippen molar-refractivity contribution in [3.05, 3.63) is 35.9 Å². The number of hydrogen-bond donors (Lipinski definition) is 2. The first-order chi connectivity index (χ1) is 11.8. The normalized spacial score (nSPS) is 20.2. The Morgan fingerprint density at radius 1 is 1.28 bits per heavy atom. The number of carbonyl (C=O) groups excluding carboxylic acids is 2. The number of nitrogens with one attached hydrogen (secondary N) is 1. The van der Waals surface area contributed by atoms with Crippen LogP contribution in [0.3, 0.4) is 0 Å². The molecule has 0 aromatic heterocycles. The highest BCUT2D eigenvalue weighted by molar-refractivity contribution is 5.70. The number of amides is 2. The zero-order chi connectivity index (χ0) is 18.4. The number of aliphatic hydroxyl groups is 1. The lowest BCUT2D eigenvalue weighted by molar-refractivity contribution is 0.0456. The van der Waals surface area contributed by atoms with Gasteiger partial charge in [-0.05, 0) is 32.8 Å². The van der Waals surface area contributed by atoms with Crippen molar-refractivity contribution in [1.82, 2.24) is 10.2 Å². The predicted octanol–water partition coefficient (Wildman–Crippen LogP) is 2.28. The van der Waals surface area contributed by atoms with Crippen LogP contribution in [0.1, 0.15) is 32.8 Å². The number of aliphatic hydroxyl groups excluding tert-OH is 1. The van der Waals surface area contributed by atoms with Crippen LogP contribution in [0.25, 0.3) is 0 Å². The van der Waals surface area contributed by atoms with Crippen LogP contribution in [0.15, 0.2) is 30.3 Å². The molecule has 2 N–H and O–H groups in total. The van der Waals surface area contributed by atoms with E-state index < -0.39 is 23.8 Å². The summed E-state index contributed by atoms with van der Waals surface area (Å²) in [6.07, 6.45) is -0.530. The molecule has 0 aliphatic carbocycles. The number of nitrogens with zero attached hydrogens (tertiary/aromatic N) is 1. The highest BCUT2D eigenvalue weighted by Gasteiger charge is 2.39. The van der Waals surface area contributed by atoms with E-state index in [1.54, 1.807) is 20.8 Å². The molecule has 0 saturated carbocycles. The Morgan fingerprint density at radius 2 is 1.96 bits per heavy atom. The van der Waals surface area contributed by atoms with E-state index in [2.05, 4.69) is 5.32 Å². The second-order valence-electron chi connectivity index (χ2n) is 7.02. The maximum Gasteiger partial charge on any atom is 0.410 e. The molecule has 25 heavy (non-hydrogen) atoms. The minimum atomic E-state index is -0.605. The molecule has 0 spiro atoms. The molecule has 2 amide bonds. The van der Waals surface area contributed by atoms with Crippen LogP contribution in [-0.4, -0.2) is 53.0 Å².